The Balaban J connectivity index is 1.92. The maximum Gasteiger partial charge on any atom is 0.416 e. The fourth-order valence-corrected chi connectivity index (χ4v) is 2.05. The summed E-state index contributed by atoms with van der Waals surface area (Å²) in [6.45, 7) is 0.605. The minimum absolute atomic E-state index is 0.101. The monoisotopic (exact) mass is 270 g/mol. The molecule has 1 aliphatic heterocycles. The predicted octanol–water partition coefficient (Wildman–Crippen LogP) is 2.73. The highest BCUT2D eigenvalue weighted by atomic mass is 19.4. The Morgan fingerprint density at radius 3 is 2.58 bits per heavy atom. The van der Waals surface area contributed by atoms with Crippen LogP contribution in [-0.4, -0.2) is 18.7 Å². The topological polar surface area (TPSA) is 45.0 Å². The first-order valence-electron chi connectivity index (χ1n) is 5.93. The summed E-state index contributed by atoms with van der Waals surface area (Å²) >= 11 is 0. The van der Waals surface area contributed by atoms with Crippen molar-refractivity contribution in [3.05, 3.63) is 29.8 Å². The number of rotatable bonds is 3. The van der Waals surface area contributed by atoms with E-state index < -0.39 is 11.7 Å². The van der Waals surface area contributed by atoms with Gasteiger partial charge >= 0.3 is 6.18 Å². The largest absolute Gasteiger partial charge is 0.489 e. The van der Waals surface area contributed by atoms with Crippen LogP contribution >= 0.6 is 0 Å². The van der Waals surface area contributed by atoms with E-state index >= 15 is 0 Å². The van der Waals surface area contributed by atoms with Crippen molar-refractivity contribution in [1.29, 1.82) is 5.26 Å². The quantitative estimate of drug-likeness (QED) is 0.918. The predicted molar refractivity (Wildman–Crippen MR) is 62.5 cm³/mol. The van der Waals surface area contributed by atoms with Crippen molar-refractivity contribution < 1.29 is 17.9 Å². The van der Waals surface area contributed by atoms with E-state index in [1.807, 2.05) is 0 Å². The molecule has 0 unspecified atom stereocenters. The van der Waals surface area contributed by atoms with Gasteiger partial charge in [0.15, 0.2) is 0 Å². The molecule has 1 N–H and O–H groups in total. The third kappa shape index (κ3) is 3.61. The molecule has 0 bridgehead atoms. The van der Waals surface area contributed by atoms with Crippen molar-refractivity contribution in [2.45, 2.75) is 31.2 Å². The minimum atomic E-state index is -4.33. The van der Waals surface area contributed by atoms with E-state index in [9.17, 15) is 13.2 Å². The lowest BCUT2D eigenvalue weighted by Gasteiger charge is -2.13. The van der Waals surface area contributed by atoms with Crippen LogP contribution < -0.4 is 10.1 Å². The molecular formula is C13H13F3N2O. The third-order valence-corrected chi connectivity index (χ3v) is 3.00. The summed E-state index contributed by atoms with van der Waals surface area (Å²) in [6, 6.07) is 6.83. The second-order valence-corrected chi connectivity index (χ2v) is 4.47. The van der Waals surface area contributed by atoms with E-state index in [0.29, 0.717) is 25.1 Å². The van der Waals surface area contributed by atoms with Crippen LogP contribution in [0.4, 0.5) is 13.2 Å². The van der Waals surface area contributed by atoms with E-state index in [-0.39, 0.29) is 12.1 Å². The molecule has 19 heavy (non-hydrogen) atoms. The average molecular weight is 270 g/mol. The summed E-state index contributed by atoms with van der Waals surface area (Å²) < 4.78 is 42.7. The zero-order valence-corrected chi connectivity index (χ0v) is 10.1. The SMILES string of the molecule is N#CC[C@@H]1C[C@@H](Oc2ccc(C(F)(F)F)cc2)CN1. The highest BCUT2D eigenvalue weighted by molar-refractivity contribution is 5.29. The van der Waals surface area contributed by atoms with Crippen molar-refractivity contribution >= 4 is 0 Å². The lowest BCUT2D eigenvalue weighted by molar-refractivity contribution is -0.137. The number of hydrogen-bond acceptors (Lipinski definition) is 3. The molecule has 6 heteroatoms. The van der Waals surface area contributed by atoms with Crippen molar-refractivity contribution in [2.24, 2.45) is 0 Å². The number of halogens is 3. The Labute approximate surface area is 109 Å². The number of ether oxygens (including phenoxy) is 1. The molecule has 0 radical (unpaired) electrons. The van der Waals surface area contributed by atoms with Crippen LogP contribution in [0.15, 0.2) is 24.3 Å². The Bertz CT molecular complexity index is 464. The van der Waals surface area contributed by atoms with Gasteiger partial charge in [0.2, 0.25) is 0 Å². The summed E-state index contributed by atoms with van der Waals surface area (Å²) in [5.41, 5.74) is -0.688. The van der Waals surface area contributed by atoms with Gasteiger partial charge in [-0.3, -0.25) is 0 Å². The third-order valence-electron chi connectivity index (χ3n) is 3.00. The molecule has 3 nitrogen and oxygen atoms in total. The molecule has 1 aliphatic rings. The van der Waals surface area contributed by atoms with Gasteiger partial charge in [-0.2, -0.15) is 18.4 Å². The first-order valence-corrected chi connectivity index (χ1v) is 5.93. The zero-order valence-electron chi connectivity index (χ0n) is 10.1. The molecule has 0 aliphatic carbocycles. The normalized spacial score (nSPS) is 23.1. The van der Waals surface area contributed by atoms with Crippen molar-refractivity contribution in [2.75, 3.05) is 6.54 Å². The van der Waals surface area contributed by atoms with Gasteiger partial charge < -0.3 is 10.1 Å². The summed E-state index contributed by atoms with van der Waals surface area (Å²) in [6.07, 6.45) is -3.33. The van der Waals surface area contributed by atoms with Gasteiger partial charge in [0.05, 0.1) is 18.1 Å². The molecule has 2 rings (SSSR count). The fourth-order valence-electron chi connectivity index (χ4n) is 2.05. The van der Waals surface area contributed by atoms with Gasteiger partial charge in [0.1, 0.15) is 11.9 Å². The highest BCUT2D eigenvalue weighted by Crippen LogP contribution is 2.30. The van der Waals surface area contributed by atoms with Gasteiger partial charge in [0.25, 0.3) is 0 Å². The van der Waals surface area contributed by atoms with Crippen molar-refractivity contribution in [1.82, 2.24) is 5.32 Å². The molecule has 0 spiro atoms. The van der Waals surface area contributed by atoms with Crippen molar-refractivity contribution in [3.8, 4) is 11.8 Å². The zero-order chi connectivity index (χ0) is 13.9. The van der Waals surface area contributed by atoms with Gasteiger partial charge in [-0.25, -0.2) is 0 Å². The van der Waals surface area contributed by atoms with Crippen LogP contribution in [0.25, 0.3) is 0 Å². The van der Waals surface area contributed by atoms with Gasteiger partial charge in [-0.1, -0.05) is 0 Å². The maximum atomic E-state index is 12.4. The van der Waals surface area contributed by atoms with E-state index in [1.54, 1.807) is 0 Å². The molecule has 1 aromatic carbocycles. The minimum Gasteiger partial charge on any atom is -0.489 e. The Morgan fingerprint density at radius 1 is 1.32 bits per heavy atom. The number of hydrogen-bond donors (Lipinski definition) is 1. The van der Waals surface area contributed by atoms with E-state index in [0.717, 1.165) is 12.1 Å². The van der Waals surface area contributed by atoms with Crippen LogP contribution in [0, 0.1) is 11.3 Å². The standard InChI is InChI=1S/C13H13F3N2O/c14-13(15,16)9-1-3-11(4-2-9)19-12-7-10(5-6-17)18-8-12/h1-4,10,12,18H,5,7-8H2/t10-,12-/m1/s1. The number of alkyl halides is 3. The van der Waals surface area contributed by atoms with Crippen molar-refractivity contribution in [3.63, 3.8) is 0 Å². The first kappa shape index (κ1) is 13.7. The molecule has 0 aromatic heterocycles. The molecule has 1 saturated heterocycles. The smallest absolute Gasteiger partial charge is 0.416 e. The second-order valence-electron chi connectivity index (χ2n) is 4.47. The Kier molecular flexibility index (Phi) is 3.96. The van der Waals surface area contributed by atoms with E-state index in [1.165, 1.54) is 12.1 Å². The number of nitrogens with zero attached hydrogens (tertiary/aromatic N) is 1. The Hall–Kier alpha value is -1.74. The summed E-state index contributed by atoms with van der Waals surface area (Å²) in [5.74, 6) is 0.414. The first-order chi connectivity index (χ1) is 8.99. The molecule has 0 saturated carbocycles. The van der Waals surface area contributed by atoms with Crippen LogP contribution in [0.3, 0.4) is 0 Å². The average Bonchev–Trinajstić information content (AvgIpc) is 2.77. The van der Waals surface area contributed by atoms with E-state index in [2.05, 4.69) is 11.4 Å². The van der Waals surface area contributed by atoms with Crippen LogP contribution in [0.2, 0.25) is 0 Å². The number of nitrogens with one attached hydrogen (secondary N) is 1. The van der Waals surface area contributed by atoms with Crippen LogP contribution in [0.1, 0.15) is 18.4 Å². The molecule has 1 aromatic rings. The molecular weight excluding hydrogens is 257 g/mol. The summed E-state index contributed by atoms with van der Waals surface area (Å²) in [5, 5.41) is 11.7. The fraction of sp³-hybridized carbons (Fsp3) is 0.462. The summed E-state index contributed by atoms with van der Waals surface area (Å²) in [7, 11) is 0. The number of benzene rings is 1. The second kappa shape index (κ2) is 5.49. The molecule has 1 heterocycles. The molecule has 2 atom stereocenters. The van der Waals surface area contributed by atoms with Gasteiger partial charge in [-0.15, -0.1) is 0 Å². The van der Waals surface area contributed by atoms with Crippen LogP contribution in [0.5, 0.6) is 5.75 Å². The lowest BCUT2D eigenvalue weighted by atomic mass is 10.1. The Morgan fingerprint density at radius 2 is 2.00 bits per heavy atom. The molecule has 0 amide bonds. The molecule has 102 valence electrons. The van der Waals surface area contributed by atoms with Gasteiger partial charge in [-0.05, 0) is 24.3 Å². The van der Waals surface area contributed by atoms with Crippen LogP contribution in [-0.2, 0) is 6.18 Å². The van der Waals surface area contributed by atoms with Gasteiger partial charge in [0, 0.05) is 19.0 Å². The number of nitriles is 1. The maximum absolute atomic E-state index is 12.4. The highest BCUT2D eigenvalue weighted by Gasteiger charge is 2.30. The lowest BCUT2D eigenvalue weighted by Crippen LogP contribution is -2.21. The van der Waals surface area contributed by atoms with E-state index in [4.69, 9.17) is 10.00 Å². The summed E-state index contributed by atoms with van der Waals surface area (Å²) in [4.78, 5) is 0. The molecule has 1 fully saturated rings.